The highest BCUT2D eigenvalue weighted by molar-refractivity contribution is 6.30. The molecule has 1 aliphatic carbocycles. The van der Waals surface area contributed by atoms with Crippen molar-refractivity contribution in [1.82, 2.24) is 20.5 Å². The Morgan fingerprint density at radius 3 is 2.70 bits per heavy atom. The molecule has 2 fully saturated rings. The first-order valence-corrected chi connectivity index (χ1v) is 9.82. The number of carbonyl (C=O) groups is 2. The zero-order chi connectivity index (χ0) is 19.0. The van der Waals surface area contributed by atoms with Gasteiger partial charge in [0.1, 0.15) is 12.4 Å². The van der Waals surface area contributed by atoms with Gasteiger partial charge in [-0.05, 0) is 37.5 Å². The smallest absolute Gasteiger partial charge is 0.268 e. The molecule has 1 aromatic rings. The van der Waals surface area contributed by atoms with Crippen molar-refractivity contribution in [3.63, 3.8) is 0 Å². The maximum atomic E-state index is 13.0. The van der Waals surface area contributed by atoms with Crippen LogP contribution in [0.15, 0.2) is 29.4 Å². The first kappa shape index (κ1) is 18.1. The zero-order valence-corrected chi connectivity index (χ0v) is 16.1. The summed E-state index contributed by atoms with van der Waals surface area (Å²) in [6.45, 7) is 2.43. The van der Waals surface area contributed by atoms with E-state index in [0.29, 0.717) is 11.6 Å². The molecule has 1 aromatic carbocycles. The molecule has 4 rings (SSSR count). The monoisotopic (exact) mass is 389 g/mol. The van der Waals surface area contributed by atoms with Crippen molar-refractivity contribution in [2.24, 2.45) is 5.10 Å². The number of amides is 2. The standard InChI is InChI=1S/C19H24ClN5O2/c1-12-22-23-18-19(27)24(15-4-2-3-5-16(15)25(12)18)11-17(26)21-10-13-6-8-14(20)9-7-13/h6-9,15-16,18,23H,2-5,10-11H2,1H3,(H,21,26). The van der Waals surface area contributed by atoms with Gasteiger partial charge in [0.25, 0.3) is 5.91 Å². The Morgan fingerprint density at radius 1 is 1.26 bits per heavy atom. The largest absolute Gasteiger partial charge is 0.350 e. The van der Waals surface area contributed by atoms with Crippen LogP contribution in [0.25, 0.3) is 0 Å². The third-order valence-electron chi connectivity index (χ3n) is 5.69. The van der Waals surface area contributed by atoms with E-state index in [1.165, 1.54) is 0 Å². The zero-order valence-electron chi connectivity index (χ0n) is 15.3. The van der Waals surface area contributed by atoms with E-state index in [1.807, 2.05) is 19.1 Å². The number of benzene rings is 1. The van der Waals surface area contributed by atoms with Crippen molar-refractivity contribution in [3.8, 4) is 0 Å². The number of nitrogens with zero attached hydrogens (tertiary/aromatic N) is 3. The Morgan fingerprint density at radius 2 is 1.96 bits per heavy atom. The molecule has 27 heavy (non-hydrogen) atoms. The van der Waals surface area contributed by atoms with Crippen LogP contribution < -0.4 is 10.7 Å². The van der Waals surface area contributed by atoms with Gasteiger partial charge < -0.3 is 15.1 Å². The van der Waals surface area contributed by atoms with E-state index < -0.39 is 6.17 Å². The average molecular weight is 390 g/mol. The first-order chi connectivity index (χ1) is 13.0. The van der Waals surface area contributed by atoms with Gasteiger partial charge >= 0.3 is 0 Å². The number of piperazine rings is 1. The number of hydrazone groups is 1. The average Bonchev–Trinajstić information content (AvgIpc) is 3.07. The number of fused-ring (bicyclic) bond motifs is 3. The molecule has 2 aliphatic heterocycles. The number of nitrogens with one attached hydrogen (secondary N) is 2. The van der Waals surface area contributed by atoms with Crippen LogP contribution in [0.5, 0.6) is 0 Å². The number of halogens is 1. The minimum Gasteiger partial charge on any atom is -0.350 e. The summed E-state index contributed by atoms with van der Waals surface area (Å²) in [5.74, 6) is 0.643. The lowest BCUT2D eigenvalue weighted by molar-refractivity contribution is -0.152. The summed E-state index contributed by atoms with van der Waals surface area (Å²) >= 11 is 5.89. The van der Waals surface area contributed by atoms with Gasteiger partial charge in [-0.25, -0.2) is 0 Å². The van der Waals surface area contributed by atoms with Crippen LogP contribution in [-0.4, -0.2) is 52.2 Å². The molecule has 0 aromatic heterocycles. The molecule has 0 bridgehead atoms. The Bertz CT molecular complexity index is 766. The molecule has 1 saturated carbocycles. The van der Waals surface area contributed by atoms with Crippen molar-refractivity contribution >= 4 is 29.3 Å². The number of carbonyl (C=O) groups excluding carboxylic acids is 2. The van der Waals surface area contributed by atoms with Crippen LogP contribution in [0.1, 0.15) is 38.2 Å². The minimum absolute atomic E-state index is 0.0637. The fourth-order valence-electron chi connectivity index (χ4n) is 4.38. The van der Waals surface area contributed by atoms with Crippen molar-refractivity contribution in [2.45, 2.75) is 57.4 Å². The number of rotatable bonds is 4. The molecule has 3 atom stereocenters. The fraction of sp³-hybridized carbons (Fsp3) is 0.526. The molecule has 7 nitrogen and oxygen atoms in total. The van der Waals surface area contributed by atoms with E-state index >= 15 is 0 Å². The van der Waals surface area contributed by atoms with Crippen LogP contribution in [0.4, 0.5) is 0 Å². The highest BCUT2D eigenvalue weighted by Crippen LogP contribution is 2.34. The Labute approximate surface area is 163 Å². The highest BCUT2D eigenvalue weighted by Gasteiger charge is 2.50. The molecule has 2 N–H and O–H groups in total. The van der Waals surface area contributed by atoms with E-state index in [-0.39, 0.29) is 30.4 Å². The Hall–Kier alpha value is -2.28. The molecule has 1 saturated heterocycles. The fourth-order valence-corrected chi connectivity index (χ4v) is 4.50. The third kappa shape index (κ3) is 3.48. The molecule has 3 aliphatic rings. The summed E-state index contributed by atoms with van der Waals surface area (Å²) in [5.41, 5.74) is 3.91. The Kier molecular flexibility index (Phi) is 4.95. The normalized spacial score (nSPS) is 26.8. The van der Waals surface area contributed by atoms with Gasteiger partial charge in [0.05, 0.1) is 12.1 Å². The summed E-state index contributed by atoms with van der Waals surface area (Å²) in [7, 11) is 0. The van der Waals surface area contributed by atoms with Crippen LogP contribution in [-0.2, 0) is 16.1 Å². The summed E-state index contributed by atoms with van der Waals surface area (Å²) in [5, 5.41) is 7.83. The SMILES string of the molecule is CC1=NNC2C(=O)N(CC(=O)NCc3ccc(Cl)cc3)C3CCCCC3N12. The second-order valence-corrected chi connectivity index (χ2v) is 7.82. The van der Waals surface area contributed by atoms with E-state index in [0.717, 1.165) is 37.1 Å². The quantitative estimate of drug-likeness (QED) is 0.821. The second-order valence-electron chi connectivity index (χ2n) is 7.39. The predicted molar refractivity (Wildman–Crippen MR) is 103 cm³/mol. The van der Waals surface area contributed by atoms with Gasteiger partial charge in [-0.1, -0.05) is 36.6 Å². The lowest BCUT2D eigenvalue weighted by Gasteiger charge is -2.50. The minimum atomic E-state index is -0.478. The lowest BCUT2D eigenvalue weighted by atomic mass is 9.85. The van der Waals surface area contributed by atoms with E-state index in [4.69, 9.17) is 11.6 Å². The maximum Gasteiger partial charge on any atom is 0.268 e. The van der Waals surface area contributed by atoms with E-state index in [2.05, 4.69) is 20.7 Å². The molecule has 8 heteroatoms. The van der Waals surface area contributed by atoms with Crippen LogP contribution in [0, 0.1) is 0 Å². The van der Waals surface area contributed by atoms with Gasteiger partial charge in [0, 0.05) is 11.6 Å². The van der Waals surface area contributed by atoms with Gasteiger partial charge in [0.2, 0.25) is 5.91 Å². The van der Waals surface area contributed by atoms with Crippen molar-refractivity contribution in [3.05, 3.63) is 34.9 Å². The molecule has 144 valence electrons. The summed E-state index contributed by atoms with van der Waals surface area (Å²) < 4.78 is 0. The molecule has 2 amide bonds. The van der Waals surface area contributed by atoms with Crippen LogP contribution in [0.3, 0.4) is 0 Å². The number of hydrogen-bond donors (Lipinski definition) is 2. The predicted octanol–water partition coefficient (Wildman–Crippen LogP) is 1.67. The highest BCUT2D eigenvalue weighted by atomic mass is 35.5. The van der Waals surface area contributed by atoms with Crippen molar-refractivity contribution < 1.29 is 9.59 Å². The number of hydrogen-bond acceptors (Lipinski definition) is 5. The second kappa shape index (κ2) is 7.38. The van der Waals surface area contributed by atoms with Gasteiger partial charge in [-0.15, -0.1) is 0 Å². The van der Waals surface area contributed by atoms with E-state index in [1.54, 1.807) is 17.0 Å². The molecule has 0 radical (unpaired) electrons. The van der Waals surface area contributed by atoms with E-state index in [9.17, 15) is 9.59 Å². The van der Waals surface area contributed by atoms with Crippen molar-refractivity contribution in [1.29, 1.82) is 0 Å². The first-order valence-electron chi connectivity index (χ1n) is 9.44. The van der Waals surface area contributed by atoms with Crippen molar-refractivity contribution in [2.75, 3.05) is 6.54 Å². The van der Waals surface area contributed by atoms with Gasteiger partial charge in [-0.3, -0.25) is 15.0 Å². The molecule has 0 spiro atoms. The lowest BCUT2D eigenvalue weighted by Crippen LogP contribution is -2.69. The Balaban J connectivity index is 1.43. The number of amidine groups is 1. The van der Waals surface area contributed by atoms with Crippen LogP contribution >= 0.6 is 11.6 Å². The van der Waals surface area contributed by atoms with Gasteiger partial charge in [0.15, 0.2) is 6.17 Å². The summed E-state index contributed by atoms with van der Waals surface area (Å²) in [6.07, 6.45) is 3.69. The molecular weight excluding hydrogens is 366 g/mol. The van der Waals surface area contributed by atoms with Crippen LogP contribution in [0.2, 0.25) is 5.02 Å². The molecule has 3 unspecified atom stereocenters. The summed E-state index contributed by atoms with van der Waals surface area (Å²) in [6, 6.07) is 7.65. The van der Waals surface area contributed by atoms with Gasteiger partial charge in [-0.2, -0.15) is 5.10 Å². The third-order valence-corrected chi connectivity index (χ3v) is 5.94. The topological polar surface area (TPSA) is 77.0 Å². The molecule has 2 heterocycles. The summed E-state index contributed by atoms with van der Waals surface area (Å²) in [4.78, 5) is 29.4. The molecular formula is C19H24ClN5O2. The maximum absolute atomic E-state index is 13.0.